The first-order valence-electron chi connectivity index (χ1n) is 16.0. The molecule has 47 heavy (non-hydrogen) atoms. The molecule has 4 aromatic rings. The molecule has 0 saturated heterocycles. The van der Waals surface area contributed by atoms with Gasteiger partial charge in [0.15, 0.2) is 0 Å². The molecule has 1 unspecified atom stereocenters. The first kappa shape index (κ1) is 35.2. The van der Waals surface area contributed by atoms with Crippen molar-refractivity contribution in [3.8, 4) is 5.75 Å². The Morgan fingerprint density at radius 2 is 1.38 bits per heavy atom. The van der Waals surface area contributed by atoms with Gasteiger partial charge < -0.3 is 15.0 Å². The van der Waals surface area contributed by atoms with E-state index in [1.807, 2.05) is 89.2 Å². The average molecular weight is 656 g/mol. The number of carbonyl (C=O) groups excluding carboxylic acids is 2. The van der Waals surface area contributed by atoms with E-state index >= 15 is 0 Å². The van der Waals surface area contributed by atoms with E-state index in [2.05, 4.69) is 5.32 Å². The van der Waals surface area contributed by atoms with E-state index in [1.54, 1.807) is 48.5 Å². The number of anilines is 1. The number of hydrogen-bond donors (Lipinski definition) is 1. The van der Waals surface area contributed by atoms with Crippen molar-refractivity contribution >= 4 is 27.5 Å². The van der Waals surface area contributed by atoms with E-state index in [-0.39, 0.29) is 29.7 Å². The summed E-state index contributed by atoms with van der Waals surface area (Å²) in [4.78, 5) is 30.1. The van der Waals surface area contributed by atoms with Crippen LogP contribution in [0.1, 0.15) is 43.0 Å². The van der Waals surface area contributed by atoms with Crippen LogP contribution in [-0.4, -0.2) is 50.9 Å². The van der Waals surface area contributed by atoms with Gasteiger partial charge in [0.1, 0.15) is 18.3 Å². The number of sulfonamides is 1. The van der Waals surface area contributed by atoms with Gasteiger partial charge in [-0.1, -0.05) is 91.7 Å². The molecule has 2 amide bonds. The van der Waals surface area contributed by atoms with Crippen LogP contribution in [0.2, 0.25) is 0 Å². The summed E-state index contributed by atoms with van der Waals surface area (Å²) in [5, 5.41) is 3.02. The van der Waals surface area contributed by atoms with E-state index in [1.165, 1.54) is 4.90 Å². The van der Waals surface area contributed by atoms with Crippen molar-refractivity contribution < 1.29 is 22.7 Å². The molecule has 1 N–H and O–H groups in total. The summed E-state index contributed by atoms with van der Waals surface area (Å²) in [6.45, 7) is 10.2. The second kappa shape index (κ2) is 16.3. The number of ether oxygens (including phenoxy) is 1. The van der Waals surface area contributed by atoms with Gasteiger partial charge in [-0.3, -0.25) is 13.9 Å². The third kappa shape index (κ3) is 9.68. The van der Waals surface area contributed by atoms with Crippen LogP contribution in [0.25, 0.3) is 0 Å². The topological polar surface area (TPSA) is 96.0 Å². The minimum absolute atomic E-state index is 0.0605. The van der Waals surface area contributed by atoms with Gasteiger partial charge in [-0.25, -0.2) is 8.42 Å². The predicted molar refractivity (Wildman–Crippen MR) is 187 cm³/mol. The Morgan fingerprint density at radius 1 is 0.787 bits per heavy atom. The number of amides is 2. The molecule has 0 spiro atoms. The van der Waals surface area contributed by atoms with E-state index in [0.29, 0.717) is 24.6 Å². The Balaban J connectivity index is 1.79. The Bertz CT molecular complexity index is 1710. The van der Waals surface area contributed by atoms with Crippen molar-refractivity contribution in [2.24, 2.45) is 5.92 Å². The molecule has 0 aliphatic rings. The fourth-order valence-corrected chi connectivity index (χ4v) is 6.52. The van der Waals surface area contributed by atoms with Gasteiger partial charge in [-0.15, -0.1) is 0 Å². The van der Waals surface area contributed by atoms with E-state index in [4.69, 9.17) is 4.74 Å². The number of nitrogens with zero attached hydrogens (tertiary/aromatic N) is 2. The van der Waals surface area contributed by atoms with Crippen LogP contribution >= 0.6 is 0 Å². The normalized spacial score (nSPS) is 12.0. The molecule has 4 aromatic carbocycles. The lowest BCUT2D eigenvalue weighted by molar-refractivity contribution is -0.140. The van der Waals surface area contributed by atoms with Gasteiger partial charge in [-0.05, 0) is 74.2 Å². The molecule has 1 atom stereocenters. The van der Waals surface area contributed by atoms with Crippen LogP contribution in [-0.2, 0) is 32.6 Å². The molecule has 8 nitrogen and oxygen atoms in total. The quantitative estimate of drug-likeness (QED) is 0.162. The fourth-order valence-electron chi connectivity index (χ4n) is 5.11. The van der Waals surface area contributed by atoms with Crippen LogP contribution < -0.4 is 14.4 Å². The third-order valence-electron chi connectivity index (χ3n) is 7.75. The predicted octanol–water partition coefficient (Wildman–Crippen LogP) is 6.31. The summed E-state index contributed by atoms with van der Waals surface area (Å²) in [7, 11) is -4.18. The lowest BCUT2D eigenvalue weighted by atomic mass is 10.0. The van der Waals surface area contributed by atoms with Gasteiger partial charge in [-0.2, -0.15) is 0 Å². The highest BCUT2D eigenvalue weighted by Gasteiger charge is 2.34. The Kier molecular flexibility index (Phi) is 12.2. The maximum Gasteiger partial charge on any atom is 0.264 e. The van der Waals surface area contributed by atoms with E-state index in [0.717, 1.165) is 26.6 Å². The molecule has 248 valence electrons. The lowest BCUT2D eigenvalue weighted by Crippen LogP contribution is -2.53. The molecule has 0 radical (unpaired) electrons. The zero-order valence-corrected chi connectivity index (χ0v) is 28.7. The maximum atomic E-state index is 14.6. The molecular weight excluding hydrogens is 611 g/mol. The summed E-state index contributed by atoms with van der Waals surface area (Å²) < 4.78 is 35.2. The SMILES string of the molecule is CCOc1ccc(N(CC(=O)N(Cc2ccc(C)cc2)C(Cc2ccccc2)C(=O)NCC(C)C)S(=O)(=O)c2ccc(C)cc2)cc1. The zero-order valence-electron chi connectivity index (χ0n) is 27.8. The number of carbonyl (C=O) groups is 2. The molecule has 9 heteroatoms. The number of aryl methyl sites for hydroxylation is 2. The standard InChI is InChI=1S/C38H45N3O5S/c1-6-46-34-20-18-33(19-21-34)41(47(44,45)35-22-14-30(5)15-23-35)27-37(42)40(26-32-16-12-29(4)13-17-32)36(38(43)39-25-28(2)3)24-31-10-8-7-9-11-31/h7-23,28,36H,6,24-27H2,1-5H3,(H,39,43). The number of hydrogen-bond acceptors (Lipinski definition) is 5. The van der Waals surface area contributed by atoms with Crippen LogP contribution in [0, 0.1) is 19.8 Å². The van der Waals surface area contributed by atoms with Gasteiger partial charge >= 0.3 is 0 Å². The highest BCUT2D eigenvalue weighted by molar-refractivity contribution is 7.92. The fraction of sp³-hybridized carbons (Fsp3) is 0.316. The van der Waals surface area contributed by atoms with Crippen LogP contribution in [0.3, 0.4) is 0 Å². The highest BCUT2D eigenvalue weighted by atomic mass is 32.2. The largest absolute Gasteiger partial charge is 0.494 e. The summed E-state index contributed by atoms with van der Waals surface area (Å²) in [5.74, 6) is -0.0128. The van der Waals surface area contributed by atoms with Crippen molar-refractivity contribution in [3.05, 3.63) is 125 Å². The molecule has 0 aliphatic carbocycles. The van der Waals surface area contributed by atoms with Crippen molar-refractivity contribution in [2.75, 3.05) is 24.0 Å². The van der Waals surface area contributed by atoms with Crippen LogP contribution in [0.4, 0.5) is 5.69 Å². The van der Waals surface area contributed by atoms with Gasteiger partial charge in [0.05, 0.1) is 17.2 Å². The summed E-state index contributed by atoms with van der Waals surface area (Å²) in [5.41, 5.74) is 3.99. The molecule has 0 saturated carbocycles. The number of nitrogens with one attached hydrogen (secondary N) is 1. The lowest BCUT2D eigenvalue weighted by Gasteiger charge is -2.34. The third-order valence-corrected chi connectivity index (χ3v) is 9.54. The summed E-state index contributed by atoms with van der Waals surface area (Å²) >= 11 is 0. The molecule has 0 aliphatic heterocycles. The molecule has 0 fully saturated rings. The molecule has 0 bridgehead atoms. The van der Waals surface area contributed by atoms with Crippen molar-refractivity contribution in [3.63, 3.8) is 0 Å². The Morgan fingerprint density at radius 3 is 1.96 bits per heavy atom. The van der Waals surface area contributed by atoms with Crippen LogP contribution in [0.15, 0.2) is 108 Å². The zero-order chi connectivity index (χ0) is 34.0. The Hall–Kier alpha value is -4.63. The van der Waals surface area contributed by atoms with Crippen molar-refractivity contribution in [1.29, 1.82) is 0 Å². The van der Waals surface area contributed by atoms with Gasteiger partial charge in [0.2, 0.25) is 11.8 Å². The molecular formula is C38H45N3O5S. The first-order chi connectivity index (χ1) is 22.5. The maximum absolute atomic E-state index is 14.6. The second-order valence-corrected chi connectivity index (χ2v) is 14.0. The molecule has 0 aromatic heterocycles. The number of rotatable bonds is 15. The van der Waals surface area contributed by atoms with Gasteiger partial charge in [0.25, 0.3) is 10.0 Å². The van der Waals surface area contributed by atoms with Crippen molar-refractivity contribution in [1.82, 2.24) is 10.2 Å². The summed E-state index contributed by atoms with van der Waals surface area (Å²) in [6, 6.07) is 29.6. The molecule has 4 rings (SSSR count). The minimum atomic E-state index is -4.18. The van der Waals surface area contributed by atoms with E-state index in [9.17, 15) is 18.0 Å². The monoisotopic (exact) mass is 655 g/mol. The summed E-state index contributed by atoms with van der Waals surface area (Å²) in [6.07, 6.45) is 0.260. The molecule has 0 heterocycles. The van der Waals surface area contributed by atoms with Crippen LogP contribution in [0.5, 0.6) is 5.75 Å². The second-order valence-electron chi connectivity index (χ2n) is 12.1. The number of benzene rings is 4. The highest BCUT2D eigenvalue weighted by Crippen LogP contribution is 2.27. The van der Waals surface area contributed by atoms with Gasteiger partial charge in [0, 0.05) is 19.5 Å². The minimum Gasteiger partial charge on any atom is -0.494 e. The smallest absolute Gasteiger partial charge is 0.264 e. The Labute approximate surface area is 279 Å². The first-order valence-corrected chi connectivity index (χ1v) is 17.4. The average Bonchev–Trinajstić information content (AvgIpc) is 3.06. The van der Waals surface area contributed by atoms with E-state index < -0.39 is 28.5 Å². The van der Waals surface area contributed by atoms with Crippen molar-refractivity contribution in [2.45, 2.75) is 58.5 Å².